The number of fused-ring (bicyclic) bond motifs is 1. The number of imidazole rings is 1. The number of aromatic nitrogens is 4. The molecular formula is C38H40N6O. The van der Waals surface area contributed by atoms with E-state index in [1.54, 1.807) is 24.3 Å². The maximum absolute atomic E-state index is 13.2. The van der Waals surface area contributed by atoms with Gasteiger partial charge in [0, 0.05) is 55.8 Å². The van der Waals surface area contributed by atoms with Crippen LogP contribution in [0.1, 0.15) is 57.1 Å². The molecule has 0 spiro atoms. The van der Waals surface area contributed by atoms with Crippen molar-refractivity contribution in [3.05, 3.63) is 143 Å². The number of aryl methyl sites for hydroxylation is 2. The monoisotopic (exact) mass is 596 g/mol. The van der Waals surface area contributed by atoms with Gasteiger partial charge in [0.25, 0.3) is 5.91 Å². The van der Waals surface area contributed by atoms with E-state index in [9.17, 15) is 4.79 Å². The highest BCUT2D eigenvalue weighted by Gasteiger charge is 2.14. The molecule has 1 aliphatic heterocycles. The summed E-state index contributed by atoms with van der Waals surface area (Å²) in [6, 6.07) is 24.7. The molecule has 5 aromatic rings. The van der Waals surface area contributed by atoms with Crippen molar-refractivity contribution in [1.82, 2.24) is 29.3 Å². The maximum Gasteiger partial charge on any atom is 0.257 e. The Bertz CT molecular complexity index is 1830. The zero-order valence-corrected chi connectivity index (χ0v) is 26.4. The summed E-state index contributed by atoms with van der Waals surface area (Å²) in [6.07, 6.45) is 12.9. The number of carbonyl (C=O) groups excluding carboxylic acids is 1. The molecule has 0 N–H and O–H groups in total. The second-order valence-electron chi connectivity index (χ2n) is 11.8. The summed E-state index contributed by atoms with van der Waals surface area (Å²) in [5, 5.41) is 0. The van der Waals surface area contributed by atoms with Crippen LogP contribution in [0.3, 0.4) is 0 Å². The lowest BCUT2D eigenvalue weighted by Gasteiger charge is -2.15. The highest BCUT2D eigenvalue weighted by atomic mass is 16.2. The lowest BCUT2D eigenvalue weighted by molar-refractivity contribution is 0.0849. The van der Waals surface area contributed by atoms with Gasteiger partial charge in [0.15, 0.2) is 0 Å². The molecule has 4 heterocycles. The Morgan fingerprint density at radius 3 is 2.44 bits per heavy atom. The van der Waals surface area contributed by atoms with Gasteiger partial charge in [-0.25, -0.2) is 4.98 Å². The summed E-state index contributed by atoms with van der Waals surface area (Å²) in [7, 11) is 1.79. The van der Waals surface area contributed by atoms with Crippen molar-refractivity contribution in [2.75, 3.05) is 26.7 Å². The third-order valence-electron chi connectivity index (χ3n) is 8.46. The van der Waals surface area contributed by atoms with Crippen LogP contribution in [0.2, 0.25) is 0 Å². The number of hydrogen-bond acceptors (Lipinski definition) is 5. The maximum atomic E-state index is 13.2. The van der Waals surface area contributed by atoms with Crippen LogP contribution in [0.4, 0.5) is 0 Å². The topological polar surface area (TPSA) is 67.2 Å². The van der Waals surface area contributed by atoms with Crippen LogP contribution in [-0.4, -0.2) is 61.9 Å². The van der Waals surface area contributed by atoms with Crippen molar-refractivity contribution >= 4 is 22.5 Å². The normalized spacial score (nSPS) is 14.1. The first kappa shape index (κ1) is 30.2. The number of benzene rings is 2. The Hall–Kier alpha value is -4.88. The van der Waals surface area contributed by atoms with Gasteiger partial charge in [-0.3, -0.25) is 19.7 Å². The van der Waals surface area contributed by atoms with Crippen LogP contribution in [0.5, 0.6) is 0 Å². The highest BCUT2D eigenvalue weighted by Crippen LogP contribution is 2.24. The molecule has 0 radical (unpaired) electrons. The lowest BCUT2D eigenvalue weighted by Crippen LogP contribution is -2.21. The zero-order chi connectivity index (χ0) is 31.2. The van der Waals surface area contributed by atoms with Crippen LogP contribution < -0.4 is 0 Å². The number of hydrogen-bond donors (Lipinski definition) is 0. The fraction of sp³-hybridized carbons (Fsp3) is 0.263. The molecular weight excluding hydrogens is 556 g/mol. The lowest BCUT2D eigenvalue weighted by atomic mass is 10.00. The molecule has 7 nitrogen and oxygen atoms in total. The Morgan fingerprint density at radius 2 is 1.67 bits per heavy atom. The van der Waals surface area contributed by atoms with Crippen molar-refractivity contribution in [2.45, 2.75) is 39.7 Å². The number of allylic oxidation sites excluding steroid dienone is 1. The zero-order valence-electron chi connectivity index (χ0n) is 26.4. The minimum absolute atomic E-state index is 0.0543. The van der Waals surface area contributed by atoms with Crippen LogP contribution in [-0.2, 0) is 13.0 Å². The SMILES string of the molecule is Cc1ccc(C(=CCN2CCCC2)c2cccc(CC=CN(C)C(=O)c3ccc(Cn4c(C)nc5cnccc54)cc3)n2)cc1. The second kappa shape index (κ2) is 13.8. The fourth-order valence-corrected chi connectivity index (χ4v) is 5.87. The minimum atomic E-state index is -0.0543. The molecule has 0 unspecified atom stereocenters. The number of amides is 1. The van der Waals surface area contributed by atoms with Crippen LogP contribution in [0, 0.1) is 13.8 Å². The molecule has 0 atom stereocenters. The summed E-state index contributed by atoms with van der Waals surface area (Å²) < 4.78 is 2.17. The molecule has 1 fully saturated rings. The standard InChI is InChI=1S/C38H40N6O/c1-28-11-15-31(16-12-28)34(20-25-43-23-4-5-24-43)35-10-6-8-33(41-35)9-7-22-42(3)38(45)32-17-13-30(14-18-32)27-44-29(2)40-36-26-39-21-19-37(36)44/h6-8,10-22,26H,4-5,9,23-25,27H2,1-3H3. The highest BCUT2D eigenvalue weighted by molar-refractivity contribution is 5.94. The van der Waals surface area contributed by atoms with Gasteiger partial charge >= 0.3 is 0 Å². The third-order valence-corrected chi connectivity index (χ3v) is 8.46. The van der Waals surface area contributed by atoms with Crippen molar-refractivity contribution in [1.29, 1.82) is 0 Å². The molecule has 7 heteroatoms. The Balaban J connectivity index is 1.10. The Labute approximate surface area is 265 Å². The fourth-order valence-electron chi connectivity index (χ4n) is 5.87. The average molecular weight is 597 g/mol. The van der Waals surface area contributed by atoms with Gasteiger partial charge in [0.2, 0.25) is 0 Å². The van der Waals surface area contributed by atoms with E-state index in [-0.39, 0.29) is 5.91 Å². The summed E-state index contributed by atoms with van der Waals surface area (Å²) in [4.78, 5) is 31.1. The smallest absolute Gasteiger partial charge is 0.257 e. The van der Waals surface area contributed by atoms with Crippen molar-refractivity contribution in [2.24, 2.45) is 0 Å². The number of rotatable bonds is 10. The molecule has 1 aliphatic rings. The molecule has 0 aliphatic carbocycles. The molecule has 1 amide bonds. The molecule has 45 heavy (non-hydrogen) atoms. The summed E-state index contributed by atoms with van der Waals surface area (Å²) >= 11 is 0. The van der Waals surface area contributed by atoms with E-state index in [2.05, 4.69) is 68.8 Å². The van der Waals surface area contributed by atoms with Crippen molar-refractivity contribution in [3.8, 4) is 0 Å². The Kier molecular flexibility index (Phi) is 9.27. The van der Waals surface area contributed by atoms with E-state index in [0.717, 1.165) is 59.0 Å². The first-order valence-corrected chi connectivity index (χ1v) is 15.7. The average Bonchev–Trinajstić information content (AvgIpc) is 3.69. The van der Waals surface area contributed by atoms with E-state index in [4.69, 9.17) is 4.98 Å². The van der Waals surface area contributed by atoms with Gasteiger partial charge < -0.3 is 9.47 Å². The van der Waals surface area contributed by atoms with Crippen LogP contribution in [0.25, 0.3) is 16.6 Å². The molecule has 6 rings (SSSR count). The van der Waals surface area contributed by atoms with Gasteiger partial charge in [-0.2, -0.15) is 0 Å². The van der Waals surface area contributed by atoms with Gasteiger partial charge in [0.1, 0.15) is 11.3 Å². The predicted molar refractivity (Wildman–Crippen MR) is 181 cm³/mol. The first-order chi connectivity index (χ1) is 21.9. The van der Waals surface area contributed by atoms with Gasteiger partial charge in [-0.05, 0) is 81.2 Å². The van der Waals surface area contributed by atoms with Crippen LogP contribution >= 0.6 is 0 Å². The van der Waals surface area contributed by atoms with Gasteiger partial charge in [-0.15, -0.1) is 0 Å². The third kappa shape index (κ3) is 7.27. The molecule has 228 valence electrons. The summed E-state index contributed by atoms with van der Waals surface area (Å²) in [6.45, 7) is 8.05. The molecule has 0 saturated carbocycles. The largest absolute Gasteiger partial charge is 0.324 e. The van der Waals surface area contributed by atoms with Gasteiger partial charge in [-0.1, -0.05) is 60.2 Å². The van der Waals surface area contributed by atoms with E-state index < -0.39 is 0 Å². The van der Waals surface area contributed by atoms with Crippen molar-refractivity contribution in [3.63, 3.8) is 0 Å². The molecule has 2 aromatic carbocycles. The predicted octanol–water partition coefficient (Wildman–Crippen LogP) is 6.85. The molecule has 1 saturated heterocycles. The summed E-state index contributed by atoms with van der Waals surface area (Å²) in [5.41, 5.74) is 9.22. The van der Waals surface area contributed by atoms with E-state index in [1.807, 2.05) is 55.6 Å². The molecule has 3 aromatic heterocycles. The number of pyridine rings is 2. The second-order valence-corrected chi connectivity index (χ2v) is 11.8. The van der Waals surface area contributed by atoms with Gasteiger partial charge in [0.05, 0.1) is 17.4 Å². The number of likely N-dealkylation sites (tertiary alicyclic amines) is 1. The quantitative estimate of drug-likeness (QED) is 0.177. The summed E-state index contributed by atoms with van der Waals surface area (Å²) in [5.74, 6) is 0.883. The van der Waals surface area contributed by atoms with E-state index in [0.29, 0.717) is 18.5 Å². The Morgan fingerprint density at radius 1 is 0.911 bits per heavy atom. The first-order valence-electron chi connectivity index (χ1n) is 15.7. The minimum Gasteiger partial charge on any atom is -0.324 e. The molecule has 0 bridgehead atoms. The van der Waals surface area contributed by atoms with Crippen molar-refractivity contribution < 1.29 is 4.79 Å². The number of nitrogens with zero attached hydrogens (tertiary/aromatic N) is 6. The van der Waals surface area contributed by atoms with Crippen LogP contribution in [0.15, 0.2) is 104 Å². The number of carbonyl (C=O) groups is 1. The van der Waals surface area contributed by atoms with E-state index >= 15 is 0 Å². The van der Waals surface area contributed by atoms with E-state index in [1.165, 1.54) is 24.0 Å².